The molecule has 1 aliphatic heterocycles. The Morgan fingerprint density at radius 2 is 1.77 bits per heavy atom. The summed E-state index contributed by atoms with van der Waals surface area (Å²) in [5, 5.41) is 2.34. The van der Waals surface area contributed by atoms with Crippen molar-refractivity contribution < 1.29 is 14.1 Å². The van der Waals surface area contributed by atoms with Gasteiger partial charge in [-0.15, -0.1) is 0 Å². The summed E-state index contributed by atoms with van der Waals surface area (Å²) in [6.45, 7) is 11.8. The summed E-state index contributed by atoms with van der Waals surface area (Å²) >= 11 is 3.54. The number of allylic oxidation sites excluding steroid dienone is 6. The van der Waals surface area contributed by atoms with Crippen molar-refractivity contribution in [2.75, 3.05) is 18.5 Å². The summed E-state index contributed by atoms with van der Waals surface area (Å²) in [6.07, 6.45) is 12.3. The van der Waals surface area contributed by atoms with Crippen molar-refractivity contribution in [3.05, 3.63) is 106 Å². The second kappa shape index (κ2) is 11.5. The molecule has 0 saturated carbocycles. The first kappa shape index (κ1) is 28.0. The quantitative estimate of drug-likeness (QED) is 0.279. The number of ether oxygens (including phenoxy) is 1. The van der Waals surface area contributed by atoms with Crippen LogP contribution in [0.1, 0.15) is 39.6 Å². The van der Waals surface area contributed by atoms with Crippen molar-refractivity contribution >= 4 is 51.2 Å². The summed E-state index contributed by atoms with van der Waals surface area (Å²) in [5.74, 6) is 0. The van der Waals surface area contributed by atoms with Gasteiger partial charge in [-0.1, -0.05) is 65.6 Å². The molecule has 0 radical (unpaired) electrons. The minimum Gasteiger partial charge on any atom is -0.443 e. The summed E-state index contributed by atoms with van der Waals surface area (Å²) in [6, 6.07) is 17.0. The van der Waals surface area contributed by atoms with E-state index in [1.165, 1.54) is 30.8 Å². The number of anilines is 1. The normalized spacial score (nSPS) is 17.2. The van der Waals surface area contributed by atoms with Crippen LogP contribution in [0.3, 0.4) is 0 Å². The summed E-state index contributed by atoms with van der Waals surface area (Å²) in [5.41, 5.74) is 4.65. The number of rotatable bonds is 6. The van der Waals surface area contributed by atoms with Gasteiger partial charge < -0.3 is 9.64 Å². The molecule has 1 aliphatic carbocycles. The number of aromatic nitrogens is 1. The molecule has 2 aromatic carbocycles. The van der Waals surface area contributed by atoms with Gasteiger partial charge in [0, 0.05) is 30.6 Å². The highest BCUT2D eigenvalue weighted by molar-refractivity contribution is 8.03. The molecule has 0 bridgehead atoms. The number of carbonyl (C=O) groups is 1. The van der Waals surface area contributed by atoms with Crippen LogP contribution in [-0.4, -0.2) is 30.2 Å². The largest absolute Gasteiger partial charge is 0.443 e. The van der Waals surface area contributed by atoms with Crippen molar-refractivity contribution in [2.45, 2.75) is 51.7 Å². The Morgan fingerprint density at radius 3 is 2.52 bits per heavy atom. The van der Waals surface area contributed by atoms with Crippen LogP contribution in [0.4, 0.5) is 10.5 Å². The Morgan fingerprint density at radius 1 is 1.02 bits per heavy atom. The minimum absolute atomic E-state index is 0.376. The van der Waals surface area contributed by atoms with Gasteiger partial charge >= 0.3 is 6.09 Å². The Kier molecular flexibility index (Phi) is 8.06. The molecule has 206 valence electrons. The van der Waals surface area contributed by atoms with Gasteiger partial charge in [0.05, 0.1) is 16.4 Å². The molecule has 7 heteroatoms. The lowest BCUT2D eigenvalue weighted by Crippen LogP contribution is -2.34. The lowest BCUT2D eigenvalue weighted by molar-refractivity contribution is -0.665. The van der Waals surface area contributed by atoms with Crippen LogP contribution in [0.2, 0.25) is 0 Å². The Bertz CT molecular complexity index is 1600. The maximum absolute atomic E-state index is 13.2. The fourth-order valence-corrected chi connectivity index (χ4v) is 7.17. The zero-order valence-electron chi connectivity index (χ0n) is 24.0. The van der Waals surface area contributed by atoms with E-state index in [0.717, 1.165) is 29.9 Å². The Hall–Kier alpha value is -3.55. The highest BCUT2D eigenvalue weighted by atomic mass is 32.2. The van der Waals surface area contributed by atoms with Gasteiger partial charge in [-0.3, -0.25) is 4.90 Å². The predicted molar refractivity (Wildman–Crippen MR) is 168 cm³/mol. The van der Waals surface area contributed by atoms with Gasteiger partial charge in [-0.05, 0) is 76.1 Å². The molecule has 5 nitrogen and oxygen atoms in total. The zero-order valence-corrected chi connectivity index (χ0v) is 25.6. The lowest BCUT2D eigenvalue weighted by atomic mass is 10.1. The number of para-hydroxylation sites is 2. The van der Waals surface area contributed by atoms with Crippen LogP contribution < -0.4 is 9.47 Å². The molecule has 0 unspecified atom stereocenters. The van der Waals surface area contributed by atoms with E-state index in [4.69, 9.17) is 4.74 Å². The molecule has 0 saturated heterocycles. The molecule has 3 aromatic rings. The fourth-order valence-electron chi connectivity index (χ4n) is 4.91. The van der Waals surface area contributed by atoms with Crippen LogP contribution >= 0.6 is 23.1 Å². The van der Waals surface area contributed by atoms with Crippen LogP contribution in [-0.2, 0) is 11.3 Å². The van der Waals surface area contributed by atoms with Gasteiger partial charge in [0.1, 0.15) is 16.8 Å². The van der Waals surface area contributed by atoms with E-state index in [0.29, 0.717) is 0 Å². The number of aryl methyl sites for hydroxylation is 1. The van der Waals surface area contributed by atoms with E-state index in [1.54, 1.807) is 35.0 Å². The smallest absolute Gasteiger partial charge is 0.414 e. The maximum Gasteiger partial charge on any atom is 0.414 e. The number of hydrogen-bond donors (Lipinski definition) is 0. The van der Waals surface area contributed by atoms with Crippen LogP contribution in [0.5, 0.6) is 0 Å². The first-order chi connectivity index (χ1) is 19.2. The third-order valence-electron chi connectivity index (χ3n) is 6.71. The van der Waals surface area contributed by atoms with Crippen molar-refractivity contribution in [3.8, 4) is 0 Å². The van der Waals surface area contributed by atoms with E-state index in [9.17, 15) is 4.79 Å². The standard InChI is InChI=1S/C33H36N3O2S2/c1-7-35-25-13-9-11-15-27(25)39-29(35)21-19-23-17-18-24(31(23)34(6)32(37)38-33(3,4)5)20-22-30-36(8-2)26-14-10-12-16-28(26)40-30/h9-22H,7-8H2,1-6H3/q+1. The molecule has 2 heterocycles. The average molecular weight is 571 g/mol. The average Bonchev–Trinajstić information content (AvgIpc) is 3.61. The number of amides is 1. The Labute approximate surface area is 245 Å². The number of thiazole rings is 1. The highest BCUT2D eigenvalue weighted by Gasteiger charge is 2.27. The highest BCUT2D eigenvalue weighted by Crippen LogP contribution is 2.45. The molecular weight excluding hydrogens is 535 g/mol. The number of benzene rings is 2. The minimum atomic E-state index is -0.586. The van der Waals surface area contributed by atoms with Crippen LogP contribution in [0.15, 0.2) is 106 Å². The summed E-state index contributed by atoms with van der Waals surface area (Å²) in [7, 11) is 1.79. The maximum atomic E-state index is 13.2. The fraction of sp³-hybridized carbons (Fsp3) is 0.273. The molecular formula is C33H36N3O2S2+. The van der Waals surface area contributed by atoms with Crippen LogP contribution in [0, 0.1) is 0 Å². The molecule has 40 heavy (non-hydrogen) atoms. The van der Waals surface area contributed by atoms with Crippen molar-refractivity contribution in [3.63, 3.8) is 0 Å². The molecule has 0 atom stereocenters. The number of hydrogen-bond acceptors (Lipinski definition) is 5. The van der Waals surface area contributed by atoms with E-state index in [1.807, 2.05) is 20.8 Å². The third kappa shape index (κ3) is 5.67. The number of likely N-dealkylation sites (N-methyl/N-ethyl adjacent to an activating group) is 1. The van der Waals surface area contributed by atoms with Crippen LogP contribution in [0.25, 0.3) is 16.3 Å². The molecule has 1 amide bonds. The Balaban J connectivity index is 1.53. The molecule has 2 aliphatic rings. The zero-order chi connectivity index (χ0) is 28.4. The van der Waals surface area contributed by atoms with Crippen molar-refractivity contribution in [1.29, 1.82) is 0 Å². The van der Waals surface area contributed by atoms with E-state index in [-0.39, 0.29) is 6.09 Å². The third-order valence-corrected chi connectivity index (χ3v) is 8.97. The molecule has 1 aromatic heterocycles. The number of nitrogens with zero attached hydrogens (tertiary/aromatic N) is 3. The van der Waals surface area contributed by atoms with Gasteiger partial charge in [-0.2, -0.15) is 4.57 Å². The summed E-state index contributed by atoms with van der Waals surface area (Å²) < 4.78 is 9.33. The van der Waals surface area contributed by atoms with Gasteiger partial charge in [-0.25, -0.2) is 4.79 Å². The van der Waals surface area contributed by atoms with Crippen molar-refractivity contribution in [2.24, 2.45) is 0 Å². The summed E-state index contributed by atoms with van der Waals surface area (Å²) in [4.78, 5) is 18.4. The molecule has 5 rings (SSSR count). The van der Waals surface area contributed by atoms with E-state index >= 15 is 0 Å². The van der Waals surface area contributed by atoms with E-state index < -0.39 is 5.60 Å². The number of fused-ring (bicyclic) bond motifs is 2. The lowest BCUT2D eigenvalue weighted by Gasteiger charge is -2.26. The van der Waals surface area contributed by atoms with Gasteiger partial charge in [0.25, 0.3) is 5.01 Å². The topological polar surface area (TPSA) is 36.7 Å². The van der Waals surface area contributed by atoms with Crippen molar-refractivity contribution in [1.82, 2.24) is 4.90 Å². The molecule has 0 spiro atoms. The predicted octanol–water partition coefficient (Wildman–Crippen LogP) is 8.31. The van der Waals surface area contributed by atoms with Gasteiger partial charge in [0.15, 0.2) is 0 Å². The first-order valence-electron chi connectivity index (χ1n) is 13.7. The second-order valence-corrected chi connectivity index (χ2v) is 12.7. The molecule has 0 N–H and O–H groups in total. The van der Waals surface area contributed by atoms with E-state index in [2.05, 4.69) is 108 Å². The SMILES string of the molecule is CCN1C(=CC=C2C=CC(C=Cc3sc4ccccc4[n+]3CC)=C2N(C)C(=O)OC(C)(C)C)Sc2ccccc21. The number of carbonyl (C=O) groups excluding carboxylic acids is 1. The van der Waals surface area contributed by atoms with Gasteiger partial charge in [0.2, 0.25) is 5.52 Å². The second-order valence-electron chi connectivity index (χ2n) is 10.6. The first-order valence-corrected chi connectivity index (χ1v) is 15.3. The number of thioether (sulfide) groups is 1. The monoisotopic (exact) mass is 570 g/mol. The molecule has 0 fully saturated rings.